The highest BCUT2D eigenvalue weighted by Gasteiger charge is 2.36. The van der Waals surface area contributed by atoms with Gasteiger partial charge in [0.05, 0.1) is 18.0 Å². The lowest BCUT2D eigenvalue weighted by atomic mass is 9.80. The molecule has 1 heterocycles. The van der Waals surface area contributed by atoms with Crippen molar-refractivity contribution in [2.24, 2.45) is 0 Å². The second-order valence-corrected chi connectivity index (χ2v) is 4.19. The lowest BCUT2D eigenvalue weighted by Crippen LogP contribution is -2.45. The maximum Gasteiger partial charge on any atom is 0.356 e. The van der Waals surface area contributed by atoms with Crippen molar-refractivity contribution in [3.05, 3.63) is 18.1 Å². The first-order valence-electron chi connectivity index (χ1n) is 5.50. The third kappa shape index (κ3) is 2.52. The average molecular weight is 237 g/mol. The van der Waals surface area contributed by atoms with E-state index in [4.69, 9.17) is 9.84 Å². The topological polar surface area (TPSA) is 84.3 Å². The monoisotopic (exact) mass is 237 g/mol. The number of rotatable bonds is 5. The number of hydrogen-bond donors (Lipinski definition) is 2. The van der Waals surface area contributed by atoms with Gasteiger partial charge in [0.25, 0.3) is 0 Å². The van der Waals surface area contributed by atoms with E-state index < -0.39 is 5.97 Å². The molecule has 0 spiro atoms. The third-order valence-corrected chi connectivity index (χ3v) is 3.16. The van der Waals surface area contributed by atoms with Gasteiger partial charge < -0.3 is 15.2 Å². The maximum absolute atomic E-state index is 10.6. The standard InChI is InChI=1S/C11H15N3O3/c1-17-11(3-2-4-11)7-14-9-6-12-8(5-13-9)10(15)16/h5-6H,2-4,7H2,1H3,(H,13,14)(H,15,16). The van der Waals surface area contributed by atoms with Crippen LogP contribution >= 0.6 is 0 Å². The average Bonchev–Trinajstić information content (AvgIpc) is 2.29. The van der Waals surface area contributed by atoms with Crippen LogP contribution in [0.1, 0.15) is 29.8 Å². The lowest BCUT2D eigenvalue weighted by molar-refractivity contribution is -0.0601. The van der Waals surface area contributed by atoms with Gasteiger partial charge in [0, 0.05) is 13.7 Å². The summed E-state index contributed by atoms with van der Waals surface area (Å²) in [6.07, 6.45) is 5.92. The van der Waals surface area contributed by atoms with Crippen molar-refractivity contribution in [3.8, 4) is 0 Å². The minimum Gasteiger partial charge on any atom is -0.476 e. The van der Waals surface area contributed by atoms with Crippen LogP contribution in [-0.4, -0.2) is 40.3 Å². The molecule has 0 amide bonds. The molecule has 2 rings (SSSR count). The molecule has 6 heteroatoms. The van der Waals surface area contributed by atoms with Gasteiger partial charge in [-0.25, -0.2) is 14.8 Å². The zero-order valence-electron chi connectivity index (χ0n) is 9.64. The number of carboxylic acids is 1. The molecule has 92 valence electrons. The number of carbonyl (C=O) groups is 1. The van der Waals surface area contributed by atoms with E-state index in [-0.39, 0.29) is 11.3 Å². The fraction of sp³-hybridized carbons (Fsp3) is 0.545. The molecule has 1 aromatic rings. The van der Waals surface area contributed by atoms with E-state index in [2.05, 4.69) is 15.3 Å². The highest BCUT2D eigenvalue weighted by atomic mass is 16.5. The number of hydrogen-bond acceptors (Lipinski definition) is 5. The molecular formula is C11H15N3O3. The number of ether oxygens (including phenoxy) is 1. The van der Waals surface area contributed by atoms with Crippen molar-refractivity contribution in [1.29, 1.82) is 0 Å². The Hall–Kier alpha value is -1.69. The molecule has 1 saturated carbocycles. The molecule has 2 N–H and O–H groups in total. The molecule has 1 aliphatic rings. The minimum absolute atomic E-state index is 0.0550. The van der Waals surface area contributed by atoms with Gasteiger partial charge in [-0.2, -0.15) is 0 Å². The zero-order valence-corrected chi connectivity index (χ0v) is 9.64. The van der Waals surface area contributed by atoms with Crippen LogP contribution in [0.2, 0.25) is 0 Å². The van der Waals surface area contributed by atoms with Gasteiger partial charge >= 0.3 is 5.97 Å². The van der Waals surface area contributed by atoms with Crippen molar-refractivity contribution in [2.45, 2.75) is 24.9 Å². The van der Waals surface area contributed by atoms with Crippen LogP contribution in [-0.2, 0) is 4.74 Å². The molecule has 0 aromatic carbocycles. The number of methoxy groups -OCH3 is 1. The summed E-state index contributed by atoms with van der Waals surface area (Å²) in [5, 5.41) is 11.8. The largest absolute Gasteiger partial charge is 0.476 e. The van der Waals surface area contributed by atoms with E-state index in [9.17, 15) is 4.79 Å². The molecule has 1 aliphatic carbocycles. The molecule has 0 unspecified atom stereocenters. The number of anilines is 1. The van der Waals surface area contributed by atoms with E-state index in [0.29, 0.717) is 12.4 Å². The first kappa shape index (κ1) is 11.8. The van der Waals surface area contributed by atoms with Crippen LogP contribution in [0.4, 0.5) is 5.82 Å². The van der Waals surface area contributed by atoms with E-state index >= 15 is 0 Å². The van der Waals surface area contributed by atoms with E-state index in [1.165, 1.54) is 18.8 Å². The smallest absolute Gasteiger partial charge is 0.356 e. The molecule has 0 bridgehead atoms. The zero-order chi connectivity index (χ0) is 12.3. The summed E-state index contributed by atoms with van der Waals surface area (Å²) in [6, 6.07) is 0. The van der Waals surface area contributed by atoms with Crippen LogP contribution < -0.4 is 5.32 Å². The fourth-order valence-electron chi connectivity index (χ4n) is 1.81. The Morgan fingerprint density at radius 3 is 2.71 bits per heavy atom. The number of carboxylic acid groups (broad SMARTS) is 1. The second-order valence-electron chi connectivity index (χ2n) is 4.19. The Morgan fingerprint density at radius 2 is 2.29 bits per heavy atom. The molecule has 0 aliphatic heterocycles. The quantitative estimate of drug-likeness (QED) is 0.799. The molecule has 1 fully saturated rings. The number of nitrogens with zero attached hydrogens (tertiary/aromatic N) is 2. The second kappa shape index (κ2) is 4.67. The minimum atomic E-state index is -1.07. The van der Waals surface area contributed by atoms with Crippen molar-refractivity contribution in [2.75, 3.05) is 19.0 Å². The predicted molar refractivity (Wildman–Crippen MR) is 61.1 cm³/mol. The number of nitrogens with one attached hydrogen (secondary N) is 1. The van der Waals surface area contributed by atoms with Crippen molar-refractivity contribution >= 4 is 11.8 Å². The van der Waals surface area contributed by atoms with Crippen LogP contribution in [0.5, 0.6) is 0 Å². The van der Waals surface area contributed by atoms with Gasteiger partial charge in [-0.3, -0.25) is 0 Å². The van der Waals surface area contributed by atoms with Gasteiger partial charge in [0.1, 0.15) is 5.82 Å². The summed E-state index contributed by atoms with van der Waals surface area (Å²) in [7, 11) is 1.71. The SMILES string of the molecule is COC1(CNc2cnc(C(=O)O)cn2)CCC1. The summed E-state index contributed by atoms with van der Waals surface area (Å²) < 4.78 is 5.45. The predicted octanol–water partition coefficient (Wildman–Crippen LogP) is 1.16. The Kier molecular flexibility index (Phi) is 3.23. The molecule has 0 saturated heterocycles. The fourth-order valence-corrected chi connectivity index (χ4v) is 1.81. The summed E-state index contributed by atoms with van der Waals surface area (Å²) in [5.74, 6) is -0.505. The normalized spacial score (nSPS) is 17.2. The third-order valence-electron chi connectivity index (χ3n) is 3.16. The van der Waals surface area contributed by atoms with Gasteiger partial charge in [0.2, 0.25) is 0 Å². The maximum atomic E-state index is 10.6. The Labute approximate surface area is 99.0 Å². The van der Waals surface area contributed by atoms with Crippen molar-refractivity contribution in [1.82, 2.24) is 9.97 Å². The van der Waals surface area contributed by atoms with Gasteiger partial charge in [-0.1, -0.05) is 0 Å². The molecule has 17 heavy (non-hydrogen) atoms. The number of aromatic nitrogens is 2. The van der Waals surface area contributed by atoms with Gasteiger partial charge in [-0.05, 0) is 19.3 Å². The lowest BCUT2D eigenvalue weighted by Gasteiger charge is -2.40. The number of aromatic carboxylic acids is 1. The van der Waals surface area contributed by atoms with Crippen LogP contribution in [0.3, 0.4) is 0 Å². The van der Waals surface area contributed by atoms with Crippen molar-refractivity contribution < 1.29 is 14.6 Å². The first-order valence-corrected chi connectivity index (χ1v) is 5.50. The van der Waals surface area contributed by atoms with E-state index in [0.717, 1.165) is 12.8 Å². The summed E-state index contributed by atoms with van der Waals surface area (Å²) in [4.78, 5) is 18.4. The summed E-state index contributed by atoms with van der Waals surface area (Å²) in [5.41, 5.74) is -0.145. The molecule has 0 radical (unpaired) electrons. The Balaban J connectivity index is 1.93. The first-order chi connectivity index (χ1) is 8.15. The molecular weight excluding hydrogens is 222 g/mol. The van der Waals surface area contributed by atoms with Gasteiger partial charge in [0.15, 0.2) is 5.69 Å². The summed E-state index contributed by atoms with van der Waals surface area (Å²) in [6.45, 7) is 0.671. The Bertz CT molecular complexity index is 395. The van der Waals surface area contributed by atoms with Gasteiger partial charge in [-0.15, -0.1) is 0 Å². The highest BCUT2D eigenvalue weighted by molar-refractivity contribution is 5.84. The van der Waals surface area contributed by atoms with Crippen molar-refractivity contribution in [3.63, 3.8) is 0 Å². The molecule has 1 aromatic heterocycles. The molecule has 0 atom stereocenters. The molecule has 6 nitrogen and oxygen atoms in total. The summed E-state index contributed by atoms with van der Waals surface area (Å²) >= 11 is 0. The Morgan fingerprint density at radius 1 is 1.53 bits per heavy atom. The van der Waals surface area contributed by atoms with E-state index in [1.807, 2.05) is 0 Å². The highest BCUT2D eigenvalue weighted by Crippen LogP contribution is 2.34. The van der Waals surface area contributed by atoms with E-state index in [1.54, 1.807) is 7.11 Å². The van der Waals surface area contributed by atoms with Crippen LogP contribution in [0.15, 0.2) is 12.4 Å². The van der Waals surface area contributed by atoms with Crippen LogP contribution in [0.25, 0.3) is 0 Å². The van der Waals surface area contributed by atoms with Crippen LogP contribution in [0, 0.1) is 0 Å².